The summed E-state index contributed by atoms with van der Waals surface area (Å²) in [4.78, 5) is 4.57. The lowest BCUT2D eigenvalue weighted by molar-refractivity contribution is 0.0315. The molecule has 2 atom stereocenters. The molecule has 0 amide bonds. The van der Waals surface area contributed by atoms with Gasteiger partial charge in [-0.3, -0.25) is 4.90 Å². The van der Waals surface area contributed by atoms with Crippen LogP contribution < -0.4 is 0 Å². The lowest BCUT2D eigenvalue weighted by atomic mass is 10.0. The standard InChI is InChI=1S/C14H21FN2O/c1-11(17-9-7-16(2)8-10-17)14(18)12-3-5-13(15)6-4-12/h3-6,11,14,18H,7-10H2,1-2H3/t11-,14+/m1/s1. The normalized spacial score (nSPS) is 21.8. The van der Waals surface area contributed by atoms with Crippen molar-refractivity contribution in [1.29, 1.82) is 0 Å². The van der Waals surface area contributed by atoms with E-state index in [0.29, 0.717) is 0 Å². The van der Waals surface area contributed by atoms with Crippen LogP contribution in [0.15, 0.2) is 24.3 Å². The SMILES string of the molecule is C[C@H]([C@H](O)c1ccc(F)cc1)N1CCN(C)CC1. The van der Waals surface area contributed by atoms with Gasteiger partial charge in [0.1, 0.15) is 5.82 Å². The molecule has 1 aliphatic rings. The number of piperazine rings is 1. The van der Waals surface area contributed by atoms with E-state index in [1.807, 2.05) is 6.92 Å². The molecule has 0 spiro atoms. The highest BCUT2D eigenvalue weighted by Crippen LogP contribution is 2.22. The summed E-state index contributed by atoms with van der Waals surface area (Å²) in [5.41, 5.74) is 0.780. The molecule has 0 unspecified atom stereocenters. The lowest BCUT2D eigenvalue weighted by Crippen LogP contribution is -2.49. The Morgan fingerprint density at radius 1 is 1.11 bits per heavy atom. The number of hydrogen-bond donors (Lipinski definition) is 1. The first-order valence-corrected chi connectivity index (χ1v) is 6.44. The molecule has 18 heavy (non-hydrogen) atoms. The number of aliphatic hydroxyl groups excluding tert-OH is 1. The fourth-order valence-electron chi connectivity index (χ4n) is 2.37. The molecule has 0 bridgehead atoms. The highest BCUT2D eigenvalue weighted by Gasteiger charge is 2.25. The summed E-state index contributed by atoms with van der Waals surface area (Å²) in [5, 5.41) is 10.3. The number of aliphatic hydroxyl groups is 1. The van der Waals surface area contributed by atoms with Crippen molar-refractivity contribution in [1.82, 2.24) is 9.80 Å². The van der Waals surface area contributed by atoms with Crippen LogP contribution in [0, 0.1) is 5.82 Å². The summed E-state index contributed by atoms with van der Waals surface area (Å²) < 4.78 is 12.9. The van der Waals surface area contributed by atoms with Crippen molar-refractivity contribution in [3.63, 3.8) is 0 Å². The zero-order chi connectivity index (χ0) is 13.1. The van der Waals surface area contributed by atoms with Gasteiger partial charge in [0.2, 0.25) is 0 Å². The fourth-order valence-corrected chi connectivity index (χ4v) is 2.37. The molecular weight excluding hydrogens is 231 g/mol. The predicted molar refractivity (Wildman–Crippen MR) is 69.9 cm³/mol. The van der Waals surface area contributed by atoms with E-state index in [-0.39, 0.29) is 11.9 Å². The molecule has 0 radical (unpaired) electrons. The van der Waals surface area contributed by atoms with Gasteiger partial charge in [-0.05, 0) is 31.7 Å². The van der Waals surface area contributed by atoms with E-state index >= 15 is 0 Å². The van der Waals surface area contributed by atoms with Crippen LogP contribution in [0.3, 0.4) is 0 Å². The maximum atomic E-state index is 12.9. The number of likely N-dealkylation sites (N-methyl/N-ethyl adjacent to an activating group) is 1. The third-order valence-electron chi connectivity index (χ3n) is 3.78. The number of nitrogens with zero attached hydrogens (tertiary/aromatic N) is 2. The molecule has 1 saturated heterocycles. The van der Waals surface area contributed by atoms with Crippen LogP contribution in [-0.2, 0) is 0 Å². The monoisotopic (exact) mass is 252 g/mol. The Kier molecular flexibility index (Phi) is 4.32. The Morgan fingerprint density at radius 2 is 1.67 bits per heavy atom. The van der Waals surface area contributed by atoms with Crippen molar-refractivity contribution >= 4 is 0 Å². The van der Waals surface area contributed by atoms with Gasteiger partial charge in [0.05, 0.1) is 6.10 Å². The van der Waals surface area contributed by atoms with E-state index in [2.05, 4.69) is 16.8 Å². The summed E-state index contributed by atoms with van der Waals surface area (Å²) in [7, 11) is 2.11. The molecule has 2 rings (SSSR count). The molecule has 1 heterocycles. The Morgan fingerprint density at radius 3 is 2.22 bits per heavy atom. The van der Waals surface area contributed by atoms with Crippen LogP contribution in [-0.4, -0.2) is 54.2 Å². The molecule has 1 fully saturated rings. The van der Waals surface area contributed by atoms with E-state index < -0.39 is 6.10 Å². The molecule has 1 N–H and O–H groups in total. The van der Waals surface area contributed by atoms with Gasteiger partial charge in [0, 0.05) is 32.2 Å². The van der Waals surface area contributed by atoms with Gasteiger partial charge in [-0.2, -0.15) is 0 Å². The van der Waals surface area contributed by atoms with E-state index in [0.717, 1.165) is 31.7 Å². The smallest absolute Gasteiger partial charge is 0.123 e. The average molecular weight is 252 g/mol. The quantitative estimate of drug-likeness (QED) is 0.883. The Labute approximate surface area is 108 Å². The Hall–Kier alpha value is -0.970. The maximum absolute atomic E-state index is 12.9. The minimum atomic E-state index is -0.561. The minimum absolute atomic E-state index is 0.0594. The summed E-state index contributed by atoms with van der Waals surface area (Å²) in [6.07, 6.45) is -0.561. The average Bonchev–Trinajstić information content (AvgIpc) is 2.39. The Balaban J connectivity index is 1.99. The highest BCUT2D eigenvalue weighted by molar-refractivity contribution is 5.19. The second kappa shape index (κ2) is 5.78. The highest BCUT2D eigenvalue weighted by atomic mass is 19.1. The van der Waals surface area contributed by atoms with Gasteiger partial charge in [0.25, 0.3) is 0 Å². The third kappa shape index (κ3) is 3.07. The first-order chi connectivity index (χ1) is 8.58. The summed E-state index contributed by atoms with van der Waals surface area (Å²) in [6.45, 7) is 6.02. The molecule has 4 heteroatoms. The van der Waals surface area contributed by atoms with Crippen molar-refractivity contribution in [2.75, 3.05) is 33.2 Å². The second-order valence-electron chi connectivity index (χ2n) is 5.08. The number of halogens is 1. The van der Waals surface area contributed by atoms with Crippen LogP contribution in [0.4, 0.5) is 4.39 Å². The molecule has 0 aliphatic carbocycles. The van der Waals surface area contributed by atoms with Crippen LogP contribution in [0.5, 0.6) is 0 Å². The number of benzene rings is 1. The number of hydrogen-bond acceptors (Lipinski definition) is 3. The molecule has 3 nitrogen and oxygen atoms in total. The van der Waals surface area contributed by atoms with E-state index in [9.17, 15) is 9.50 Å². The van der Waals surface area contributed by atoms with E-state index in [1.54, 1.807) is 12.1 Å². The second-order valence-corrected chi connectivity index (χ2v) is 5.08. The van der Waals surface area contributed by atoms with Crippen LogP contribution in [0.1, 0.15) is 18.6 Å². The first kappa shape index (κ1) is 13.5. The van der Waals surface area contributed by atoms with Crippen LogP contribution >= 0.6 is 0 Å². The first-order valence-electron chi connectivity index (χ1n) is 6.44. The third-order valence-corrected chi connectivity index (χ3v) is 3.78. The summed E-state index contributed by atoms with van der Waals surface area (Å²) in [6, 6.07) is 6.17. The molecule has 1 aliphatic heterocycles. The van der Waals surface area contributed by atoms with Crippen LogP contribution in [0.2, 0.25) is 0 Å². The van der Waals surface area contributed by atoms with Crippen molar-refractivity contribution in [3.8, 4) is 0 Å². The summed E-state index contributed by atoms with van der Waals surface area (Å²) in [5.74, 6) is -0.266. The van der Waals surface area contributed by atoms with Gasteiger partial charge < -0.3 is 10.0 Å². The van der Waals surface area contributed by atoms with Crippen molar-refractivity contribution < 1.29 is 9.50 Å². The maximum Gasteiger partial charge on any atom is 0.123 e. The van der Waals surface area contributed by atoms with E-state index in [4.69, 9.17) is 0 Å². The Bertz CT molecular complexity index is 374. The topological polar surface area (TPSA) is 26.7 Å². The van der Waals surface area contributed by atoms with Crippen molar-refractivity contribution in [2.24, 2.45) is 0 Å². The van der Waals surface area contributed by atoms with Gasteiger partial charge >= 0.3 is 0 Å². The number of rotatable bonds is 3. The molecule has 100 valence electrons. The molecular formula is C14H21FN2O. The summed E-state index contributed by atoms with van der Waals surface area (Å²) >= 11 is 0. The molecule has 1 aromatic carbocycles. The minimum Gasteiger partial charge on any atom is -0.387 e. The van der Waals surface area contributed by atoms with Crippen molar-refractivity contribution in [2.45, 2.75) is 19.1 Å². The zero-order valence-corrected chi connectivity index (χ0v) is 11.0. The van der Waals surface area contributed by atoms with Gasteiger partial charge in [-0.1, -0.05) is 12.1 Å². The van der Waals surface area contributed by atoms with Gasteiger partial charge in [-0.15, -0.1) is 0 Å². The zero-order valence-electron chi connectivity index (χ0n) is 11.0. The molecule has 0 saturated carbocycles. The van der Waals surface area contributed by atoms with Crippen LogP contribution in [0.25, 0.3) is 0 Å². The predicted octanol–water partition coefficient (Wildman–Crippen LogP) is 1.50. The fraction of sp³-hybridized carbons (Fsp3) is 0.571. The molecule has 0 aromatic heterocycles. The van der Waals surface area contributed by atoms with Gasteiger partial charge in [-0.25, -0.2) is 4.39 Å². The van der Waals surface area contributed by atoms with Gasteiger partial charge in [0.15, 0.2) is 0 Å². The van der Waals surface area contributed by atoms with E-state index in [1.165, 1.54) is 12.1 Å². The lowest BCUT2D eigenvalue weighted by Gasteiger charge is -2.38. The molecule has 1 aromatic rings. The largest absolute Gasteiger partial charge is 0.387 e. The van der Waals surface area contributed by atoms with Crippen molar-refractivity contribution in [3.05, 3.63) is 35.6 Å².